The molecular weight excluding hydrogens is 342 g/mol. The summed E-state index contributed by atoms with van der Waals surface area (Å²) in [6.07, 6.45) is 1.91. The molecule has 0 bridgehead atoms. The fourth-order valence-corrected chi connectivity index (χ4v) is 6.37. The molecule has 3 aromatic rings. The fraction of sp³-hybridized carbons (Fsp3) is 0.480. The molecule has 5 rings (SSSR count). The number of fused-ring (bicyclic) bond motifs is 7. The van der Waals surface area contributed by atoms with E-state index in [1.807, 2.05) is 6.20 Å². The maximum Gasteiger partial charge on any atom is 0.140 e. The van der Waals surface area contributed by atoms with E-state index in [0.717, 1.165) is 5.65 Å². The molecule has 0 amide bonds. The summed E-state index contributed by atoms with van der Waals surface area (Å²) in [5, 5.41) is 1.30. The highest BCUT2D eigenvalue weighted by Gasteiger charge is 2.65. The SMILES string of the molecule is Cc1cccc2c1N1[C@@H](C)c3c(c4cccnc4n3C)C1(C)C(C)(C)C2(C)C. The molecule has 0 spiro atoms. The number of benzene rings is 1. The Hall–Kier alpha value is -2.29. The van der Waals surface area contributed by atoms with Crippen LogP contribution in [0.1, 0.15) is 70.0 Å². The van der Waals surface area contributed by atoms with Gasteiger partial charge in [-0.2, -0.15) is 0 Å². The third-order valence-electron chi connectivity index (χ3n) is 8.67. The van der Waals surface area contributed by atoms with Gasteiger partial charge in [0.2, 0.25) is 0 Å². The highest BCUT2D eigenvalue weighted by atomic mass is 15.3. The minimum atomic E-state index is -0.118. The summed E-state index contributed by atoms with van der Waals surface area (Å²) < 4.78 is 2.33. The van der Waals surface area contributed by atoms with Crippen molar-refractivity contribution in [2.45, 2.75) is 65.5 Å². The Bertz CT molecular complexity index is 1130. The lowest BCUT2D eigenvalue weighted by atomic mass is 9.51. The van der Waals surface area contributed by atoms with Crippen LogP contribution in [0, 0.1) is 12.3 Å². The summed E-state index contributed by atoms with van der Waals surface area (Å²) in [5.74, 6) is 0. The molecule has 1 aromatic carbocycles. The number of aromatic nitrogens is 2. The molecule has 0 fully saturated rings. The number of hydrogen-bond acceptors (Lipinski definition) is 2. The number of para-hydroxylation sites is 1. The van der Waals surface area contributed by atoms with Crippen molar-refractivity contribution < 1.29 is 0 Å². The van der Waals surface area contributed by atoms with Gasteiger partial charge in [-0.3, -0.25) is 0 Å². The molecule has 2 atom stereocenters. The van der Waals surface area contributed by atoms with Crippen molar-refractivity contribution in [1.82, 2.24) is 9.55 Å². The average molecular weight is 374 g/mol. The van der Waals surface area contributed by atoms with E-state index < -0.39 is 0 Å². The van der Waals surface area contributed by atoms with Crippen LogP contribution in [-0.4, -0.2) is 9.55 Å². The zero-order chi connectivity index (χ0) is 20.2. The first kappa shape index (κ1) is 17.8. The summed E-state index contributed by atoms with van der Waals surface area (Å²) in [6, 6.07) is 11.5. The van der Waals surface area contributed by atoms with Gasteiger partial charge < -0.3 is 9.47 Å². The maximum atomic E-state index is 4.74. The molecule has 0 radical (unpaired) electrons. The van der Waals surface area contributed by atoms with Gasteiger partial charge in [0.25, 0.3) is 0 Å². The van der Waals surface area contributed by atoms with Crippen LogP contribution in [0.3, 0.4) is 0 Å². The van der Waals surface area contributed by atoms with Crippen LogP contribution in [0.2, 0.25) is 0 Å². The number of anilines is 1. The lowest BCUT2D eigenvalue weighted by Gasteiger charge is -2.62. The average Bonchev–Trinajstić information content (AvgIpc) is 3.07. The molecule has 2 aliphatic rings. The van der Waals surface area contributed by atoms with Gasteiger partial charge in [0.05, 0.1) is 11.6 Å². The third kappa shape index (κ3) is 1.63. The predicted molar refractivity (Wildman–Crippen MR) is 117 cm³/mol. The second-order valence-electron chi connectivity index (χ2n) is 10.0. The summed E-state index contributed by atoms with van der Waals surface area (Å²) in [4.78, 5) is 7.46. The van der Waals surface area contributed by atoms with Crippen molar-refractivity contribution in [3.63, 3.8) is 0 Å². The normalized spacial score (nSPS) is 26.9. The Morgan fingerprint density at radius 3 is 2.43 bits per heavy atom. The first-order valence-electron chi connectivity index (χ1n) is 10.4. The van der Waals surface area contributed by atoms with E-state index in [1.165, 1.54) is 33.5 Å². The molecule has 0 aliphatic carbocycles. The van der Waals surface area contributed by atoms with Gasteiger partial charge in [0, 0.05) is 41.0 Å². The zero-order valence-corrected chi connectivity index (χ0v) is 18.4. The largest absolute Gasteiger partial charge is 0.353 e. The van der Waals surface area contributed by atoms with Gasteiger partial charge in [-0.15, -0.1) is 0 Å². The molecule has 4 heterocycles. The van der Waals surface area contributed by atoms with E-state index in [2.05, 4.69) is 95.3 Å². The summed E-state index contributed by atoms with van der Waals surface area (Å²) in [5.41, 5.74) is 8.18. The zero-order valence-electron chi connectivity index (χ0n) is 18.4. The fourth-order valence-electron chi connectivity index (χ4n) is 6.37. The first-order valence-corrected chi connectivity index (χ1v) is 10.4. The van der Waals surface area contributed by atoms with Crippen LogP contribution in [0.25, 0.3) is 11.0 Å². The number of rotatable bonds is 0. The lowest BCUT2D eigenvalue weighted by Crippen LogP contribution is -2.62. The van der Waals surface area contributed by atoms with Crippen molar-refractivity contribution in [2.24, 2.45) is 12.5 Å². The summed E-state index contributed by atoms with van der Waals surface area (Å²) in [7, 11) is 2.18. The van der Waals surface area contributed by atoms with Gasteiger partial charge in [-0.25, -0.2) is 4.98 Å². The van der Waals surface area contributed by atoms with Gasteiger partial charge in [0.15, 0.2) is 0 Å². The van der Waals surface area contributed by atoms with Gasteiger partial charge in [-0.1, -0.05) is 45.9 Å². The van der Waals surface area contributed by atoms with E-state index >= 15 is 0 Å². The third-order valence-corrected chi connectivity index (χ3v) is 8.67. The van der Waals surface area contributed by atoms with Crippen LogP contribution < -0.4 is 4.90 Å². The summed E-state index contributed by atoms with van der Waals surface area (Å²) in [6.45, 7) is 16.9. The van der Waals surface area contributed by atoms with E-state index in [1.54, 1.807) is 0 Å². The van der Waals surface area contributed by atoms with Crippen molar-refractivity contribution in [3.8, 4) is 0 Å². The Morgan fingerprint density at radius 1 is 1.00 bits per heavy atom. The molecule has 28 heavy (non-hydrogen) atoms. The number of pyridine rings is 1. The molecule has 3 nitrogen and oxygen atoms in total. The maximum absolute atomic E-state index is 4.74. The van der Waals surface area contributed by atoms with Crippen LogP contribution in [0.5, 0.6) is 0 Å². The molecule has 146 valence electrons. The smallest absolute Gasteiger partial charge is 0.140 e. The minimum absolute atomic E-state index is 0.0183. The first-order chi connectivity index (χ1) is 13.1. The molecule has 0 saturated heterocycles. The Balaban J connectivity index is 1.98. The topological polar surface area (TPSA) is 21.1 Å². The lowest BCUT2D eigenvalue weighted by molar-refractivity contribution is 0.0660. The van der Waals surface area contributed by atoms with Crippen molar-refractivity contribution in [3.05, 3.63) is 58.9 Å². The Morgan fingerprint density at radius 2 is 1.71 bits per heavy atom. The summed E-state index contributed by atoms with van der Waals surface area (Å²) >= 11 is 0. The monoisotopic (exact) mass is 373 g/mol. The molecule has 3 heteroatoms. The van der Waals surface area contributed by atoms with Crippen LogP contribution in [0.15, 0.2) is 36.5 Å². The van der Waals surface area contributed by atoms with Crippen LogP contribution in [-0.2, 0) is 18.0 Å². The predicted octanol–water partition coefficient (Wildman–Crippen LogP) is 6.00. The number of nitrogens with zero attached hydrogens (tertiary/aromatic N) is 3. The highest BCUT2D eigenvalue weighted by Crippen LogP contribution is 2.68. The van der Waals surface area contributed by atoms with Crippen LogP contribution >= 0.6 is 0 Å². The molecule has 2 aromatic heterocycles. The van der Waals surface area contributed by atoms with Crippen molar-refractivity contribution in [2.75, 3.05) is 4.90 Å². The van der Waals surface area contributed by atoms with Crippen molar-refractivity contribution >= 4 is 16.7 Å². The molecule has 2 aliphatic heterocycles. The number of aryl methyl sites for hydroxylation is 2. The van der Waals surface area contributed by atoms with Gasteiger partial charge in [-0.05, 0) is 49.4 Å². The molecule has 0 saturated carbocycles. The highest BCUT2D eigenvalue weighted by molar-refractivity contribution is 5.88. The second kappa shape index (κ2) is 5.00. The van der Waals surface area contributed by atoms with E-state index in [4.69, 9.17) is 4.98 Å². The molecule has 1 unspecified atom stereocenters. The standard InChI is InChI=1S/C25H31N3/c1-15-11-9-13-18-20(15)28-16(2)21-19(17-12-10-14-26-22(17)27(21)8)25(28,7)24(5,6)23(18,3)4/h9-14,16H,1-8H3/t16-,25?/m0/s1. The van der Waals surface area contributed by atoms with Gasteiger partial charge in [0.1, 0.15) is 5.65 Å². The van der Waals surface area contributed by atoms with Crippen LogP contribution in [0.4, 0.5) is 5.69 Å². The quantitative estimate of drug-likeness (QED) is 0.482. The minimum Gasteiger partial charge on any atom is -0.353 e. The Kier molecular flexibility index (Phi) is 3.18. The van der Waals surface area contributed by atoms with E-state index in [-0.39, 0.29) is 16.4 Å². The van der Waals surface area contributed by atoms with E-state index in [9.17, 15) is 0 Å². The molecular formula is C25H31N3. The van der Waals surface area contributed by atoms with Crippen molar-refractivity contribution in [1.29, 1.82) is 0 Å². The molecule has 0 N–H and O–H groups in total. The number of hydrogen-bond donors (Lipinski definition) is 0. The Labute approximate surface area is 168 Å². The van der Waals surface area contributed by atoms with E-state index in [0.29, 0.717) is 6.04 Å². The second-order valence-corrected chi connectivity index (χ2v) is 10.0. The van der Waals surface area contributed by atoms with Gasteiger partial charge >= 0.3 is 0 Å².